The number of benzene rings is 2. The molecule has 0 spiro atoms. The molecule has 0 radical (unpaired) electrons. The fourth-order valence-corrected chi connectivity index (χ4v) is 4.57. The van der Waals surface area contributed by atoms with Gasteiger partial charge in [-0.2, -0.15) is 0 Å². The van der Waals surface area contributed by atoms with E-state index in [1.54, 1.807) is 0 Å². The minimum absolute atomic E-state index is 0.0480. The van der Waals surface area contributed by atoms with Crippen molar-refractivity contribution < 1.29 is 4.79 Å². The zero-order valence-electron chi connectivity index (χ0n) is 17.3. The second-order valence-electron chi connectivity index (χ2n) is 7.59. The molecule has 5 nitrogen and oxygen atoms in total. The van der Waals surface area contributed by atoms with Gasteiger partial charge < -0.3 is 5.32 Å². The van der Waals surface area contributed by atoms with Crippen molar-refractivity contribution in [3.63, 3.8) is 0 Å². The maximum Gasteiger partial charge on any atom is 0.234 e. The van der Waals surface area contributed by atoms with Crippen molar-refractivity contribution in [2.24, 2.45) is 0 Å². The van der Waals surface area contributed by atoms with Crippen LogP contribution in [0.3, 0.4) is 0 Å². The maximum absolute atomic E-state index is 12.6. The van der Waals surface area contributed by atoms with Crippen LogP contribution in [0.2, 0.25) is 0 Å². The number of carbonyl (C=O) groups is 1. The standard InChI is InChI=1S/C23H24N4OS/c1-13-9-17(5)22-18(10-13)16(4)11-19-25-26-23(27(19)22)29-12-20(28)24-21-14(2)7-6-8-15(21)3/h6-11H,12H2,1-5H3,(H,24,28). The van der Waals surface area contributed by atoms with E-state index in [1.807, 2.05) is 32.0 Å². The number of nitrogens with one attached hydrogen (secondary N) is 1. The van der Waals surface area contributed by atoms with Gasteiger partial charge in [0.1, 0.15) is 0 Å². The summed E-state index contributed by atoms with van der Waals surface area (Å²) in [6.45, 7) is 10.3. The molecule has 1 amide bonds. The molecule has 0 aliphatic heterocycles. The van der Waals surface area contributed by atoms with E-state index in [2.05, 4.69) is 58.9 Å². The zero-order valence-corrected chi connectivity index (χ0v) is 18.1. The second-order valence-corrected chi connectivity index (χ2v) is 8.53. The van der Waals surface area contributed by atoms with Gasteiger partial charge in [0.25, 0.3) is 0 Å². The average molecular weight is 405 g/mol. The first-order valence-corrected chi connectivity index (χ1v) is 10.6. The summed E-state index contributed by atoms with van der Waals surface area (Å²) in [7, 11) is 0. The number of nitrogens with zero attached hydrogens (tertiary/aromatic N) is 3. The molecule has 148 valence electrons. The van der Waals surface area contributed by atoms with Crippen LogP contribution in [0.25, 0.3) is 16.6 Å². The number of rotatable bonds is 4. The summed E-state index contributed by atoms with van der Waals surface area (Å²) in [5.74, 6) is 0.225. The highest BCUT2D eigenvalue weighted by Crippen LogP contribution is 2.29. The van der Waals surface area contributed by atoms with Crippen LogP contribution in [-0.4, -0.2) is 26.3 Å². The smallest absolute Gasteiger partial charge is 0.234 e. The summed E-state index contributed by atoms with van der Waals surface area (Å²) in [5, 5.41) is 13.7. The van der Waals surface area contributed by atoms with Crippen LogP contribution < -0.4 is 5.32 Å². The van der Waals surface area contributed by atoms with Gasteiger partial charge in [-0.05, 0) is 69.0 Å². The van der Waals surface area contributed by atoms with Crippen molar-refractivity contribution in [2.45, 2.75) is 39.8 Å². The fourth-order valence-electron chi connectivity index (χ4n) is 3.82. The predicted octanol–water partition coefficient (Wildman–Crippen LogP) is 5.16. The molecule has 0 bridgehead atoms. The second kappa shape index (κ2) is 7.52. The van der Waals surface area contributed by atoms with Crippen molar-refractivity contribution in [1.29, 1.82) is 0 Å². The van der Waals surface area contributed by atoms with Crippen LogP contribution in [-0.2, 0) is 4.79 Å². The van der Waals surface area contributed by atoms with Gasteiger partial charge in [-0.25, -0.2) is 0 Å². The van der Waals surface area contributed by atoms with Crippen molar-refractivity contribution >= 4 is 39.9 Å². The number of hydrogen-bond donors (Lipinski definition) is 1. The Balaban J connectivity index is 1.65. The number of amides is 1. The number of anilines is 1. The van der Waals surface area contributed by atoms with Gasteiger partial charge in [-0.15, -0.1) is 10.2 Å². The van der Waals surface area contributed by atoms with Gasteiger partial charge in [0.2, 0.25) is 5.91 Å². The van der Waals surface area contributed by atoms with Crippen LogP contribution in [0.1, 0.15) is 27.8 Å². The quantitative estimate of drug-likeness (QED) is 0.478. The van der Waals surface area contributed by atoms with Gasteiger partial charge in [0.05, 0.1) is 11.3 Å². The fraction of sp³-hybridized carbons (Fsp3) is 0.261. The van der Waals surface area contributed by atoms with Crippen LogP contribution in [0, 0.1) is 34.6 Å². The van der Waals surface area contributed by atoms with Crippen LogP contribution in [0.4, 0.5) is 5.69 Å². The van der Waals surface area contributed by atoms with E-state index >= 15 is 0 Å². The number of carbonyl (C=O) groups excluding carboxylic acids is 1. The lowest BCUT2D eigenvalue weighted by Crippen LogP contribution is -2.16. The van der Waals surface area contributed by atoms with Crippen LogP contribution in [0.5, 0.6) is 0 Å². The summed E-state index contributed by atoms with van der Waals surface area (Å²) in [5.41, 5.74) is 8.50. The minimum atomic E-state index is -0.0480. The SMILES string of the molecule is Cc1cc(C)c2c(c1)c(C)cc1nnc(SCC(=O)Nc3c(C)cccc3C)n12. The topological polar surface area (TPSA) is 59.3 Å². The van der Waals surface area contributed by atoms with Gasteiger partial charge in [0, 0.05) is 11.1 Å². The van der Waals surface area contributed by atoms with E-state index in [0.29, 0.717) is 0 Å². The summed E-state index contributed by atoms with van der Waals surface area (Å²) < 4.78 is 2.06. The average Bonchev–Trinajstić information content (AvgIpc) is 3.05. The lowest BCUT2D eigenvalue weighted by atomic mass is 10.0. The number of pyridine rings is 1. The number of fused-ring (bicyclic) bond motifs is 3. The Morgan fingerprint density at radius 3 is 2.41 bits per heavy atom. The molecule has 0 aliphatic rings. The Bertz CT molecular complexity index is 1240. The number of aromatic nitrogens is 3. The van der Waals surface area contributed by atoms with Gasteiger partial charge in [-0.1, -0.05) is 41.6 Å². The number of para-hydroxylation sites is 1. The summed E-state index contributed by atoms with van der Waals surface area (Å²) in [6, 6.07) is 12.4. The van der Waals surface area contributed by atoms with E-state index in [9.17, 15) is 4.79 Å². The molecule has 1 N–H and O–H groups in total. The van der Waals surface area contributed by atoms with Crippen molar-refractivity contribution in [3.05, 3.63) is 64.2 Å². The van der Waals surface area contributed by atoms with E-state index in [0.717, 1.165) is 33.1 Å². The third kappa shape index (κ3) is 3.60. The molecule has 2 aromatic carbocycles. The molecule has 2 heterocycles. The predicted molar refractivity (Wildman–Crippen MR) is 120 cm³/mol. The number of hydrogen-bond acceptors (Lipinski definition) is 4. The van der Waals surface area contributed by atoms with E-state index in [1.165, 1.54) is 33.8 Å². The lowest BCUT2D eigenvalue weighted by molar-refractivity contribution is -0.113. The molecule has 6 heteroatoms. The van der Waals surface area contributed by atoms with Gasteiger partial charge in [-0.3, -0.25) is 9.20 Å². The zero-order chi connectivity index (χ0) is 20.7. The highest BCUT2D eigenvalue weighted by Gasteiger charge is 2.15. The summed E-state index contributed by atoms with van der Waals surface area (Å²) >= 11 is 1.41. The molecular formula is C23H24N4OS. The molecule has 4 rings (SSSR count). The lowest BCUT2D eigenvalue weighted by Gasteiger charge is -2.12. The van der Waals surface area contributed by atoms with Crippen molar-refractivity contribution in [3.8, 4) is 0 Å². The number of thioether (sulfide) groups is 1. The van der Waals surface area contributed by atoms with Crippen molar-refractivity contribution in [2.75, 3.05) is 11.1 Å². The monoisotopic (exact) mass is 404 g/mol. The summed E-state index contributed by atoms with van der Waals surface area (Å²) in [6.07, 6.45) is 0. The molecule has 0 fully saturated rings. The Kier molecular flexibility index (Phi) is 5.04. The van der Waals surface area contributed by atoms with Crippen LogP contribution in [0.15, 0.2) is 41.6 Å². The van der Waals surface area contributed by atoms with E-state index < -0.39 is 0 Å². The Labute approximate surface area is 174 Å². The Hall–Kier alpha value is -2.86. The molecule has 2 aromatic heterocycles. The molecular weight excluding hydrogens is 380 g/mol. The Morgan fingerprint density at radius 2 is 1.69 bits per heavy atom. The number of aryl methyl sites for hydroxylation is 5. The first-order valence-electron chi connectivity index (χ1n) is 9.59. The minimum Gasteiger partial charge on any atom is -0.325 e. The molecule has 0 saturated heterocycles. The maximum atomic E-state index is 12.6. The molecule has 4 aromatic rings. The first kappa shape index (κ1) is 19.5. The first-order chi connectivity index (χ1) is 13.8. The third-order valence-electron chi connectivity index (χ3n) is 5.18. The Morgan fingerprint density at radius 1 is 0.966 bits per heavy atom. The molecule has 29 heavy (non-hydrogen) atoms. The largest absolute Gasteiger partial charge is 0.325 e. The van der Waals surface area contributed by atoms with Gasteiger partial charge in [0.15, 0.2) is 10.8 Å². The normalized spacial score (nSPS) is 11.3. The molecule has 0 aliphatic carbocycles. The van der Waals surface area contributed by atoms with E-state index in [-0.39, 0.29) is 11.7 Å². The van der Waals surface area contributed by atoms with E-state index in [4.69, 9.17) is 0 Å². The third-order valence-corrected chi connectivity index (χ3v) is 6.10. The summed E-state index contributed by atoms with van der Waals surface area (Å²) in [4.78, 5) is 12.6. The molecule has 0 atom stereocenters. The highest BCUT2D eigenvalue weighted by atomic mass is 32.2. The molecule has 0 unspecified atom stereocenters. The van der Waals surface area contributed by atoms with Crippen LogP contribution >= 0.6 is 11.8 Å². The molecule has 0 saturated carbocycles. The van der Waals surface area contributed by atoms with Gasteiger partial charge >= 0.3 is 0 Å². The highest BCUT2D eigenvalue weighted by molar-refractivity contribution is 7.99. The van der Waals surface area contributed by atoms with Crippen molar-refractivity contribution in [1.82, 2.24) is 14.6 Å².